The summed E-state index contributed by atoms with van der Waals surface area (Å²) in [6.45, 7) is 5.72. The van der Waals surface area contributed by atoms with E-state index in [0.29, 0.717) is 10.9 Å². The molecule has 98 valence electrons. The molecule has 0 bridgehead atoms. The second-order valence-electron chi connectivity index (χ2n) is 4.36. The minimum absolute atomic E-state index is 0.0741. The molecule has 0 radical (unpaired) electrons. The molecule has 0 saturated carbocycles. The van der Waals surface area contributed by atoms with Crippen LogP contribution in [0, 0.1) is 10.1 Å². The highest BCUT2D eigenvalue weighted by molar-refractivity contribution is 5.96. The number of non-ortho nitro benzene ring substituents is 1. The molecule has 1 atom stereocenters. The van der Waals surface area contributed by atoms with Crippen molar-refractivity contribution in [1.82, 2.24) is 4.98 Å². The Balaban J connectivity index is 2.49. The largest absolute Gasteiger partial charge is 0.381 e. The van der Waals surface area contributed by atoms with E-state index < -0.39 is 0 Å². The third kappa shape index (κ3) is 2.70. The molecule has 5 heteroatoms. The van der Waals surface area contributed by atoms with Gasteiger partial charge in [0.25, 0.3) is 5.69 Å². The molecule has 19 heavy (non-hydrogen) atoms. The zero-order valence-corrected chi connectivity index (χ0v) is 10.7. The van der Waals surface area contributed by atoms with E-state index in [2.05, 4.69) is 16.9 Å². The molecule has 1 N–H and O–H groups in total. The van der Waals surface area contributed by atoms with Gasteiger partial charge >= 0.3 is 0 Å². The summed E-state index contributed by atoms with van der Waals surface area (Å²) < 4.78 is 0. The molecule has 0 aliphatic rings. The summed E-state index contributed by atoms with van der Waals surface area (Å²) in [6.07, 6.45) is 4.28. The highest BCUT2D eigenvalue weighted by Crippen LogP contribution is 2.30. The van der Waals surface area contributed by atoms with Gasteiger partial charge in [0.05, 0.1) is 16.0 Å². The van der Waals surface area contributed by atoms with E-state index in [1.807, 2.05) is 13.0 Å². The van der Waals surface area contributed by atoms with Crippen LogP contribution in [0.25, 0.3) is 10.9 Å². The molecular weight excluding hydrogens is 242 g/mol. The quantitative estimate of drug-likeness (QED) is 0.505. The third-order valence-electron chi connectivity index (χ3n) is 2.87. The van der Waals surface area contributed by atoms with Crippen LogP contribution in [-0.4, -0.2) is 15.9 Å². The maximum Gasteiger partial charge on any atom is 0.278 e. The molecule has 0 aliphatic heterocycles. The van der Waals surface area contributed by atoms with Gasteiger partial charge in [-0.25, -0.2) is 0 Å². The van der Waals surface area contributed by atoms with Gasteiger partial charge in [-0.2, -0.15) is 0 Å². The molecule has 1 aromatic carbocycles. The summed E-state index contributed by atoms with van der Waals surface area (Å²) in [5.41, 5.74) is 1.49. The molecule has 0 amide bonds. The molecule has 0 fully saturated rings. The van der Waals surface area contributed by atoms with E-state index in [0.717, 1.165) is 12.1 Å². The molecule has 2 rings (SSSR count). The van der Waals surface area contributed by atoms with Crippen LogP contribution in [0.1, 0.15) is 13.3 Å². The number of aromatic nitrogens is 1. The lowest BCUT2D eigenvalue weighted by atomic mass is 10.1. The Morgan fingerprint density at radius 3 is 3.00 bits per heavy atom. The molecule has 0 saturated heterocycles. The predicted molar refractivity (Wildman–Crippen MR) is 76.3 cm³/mol. The standard InChI is InChI=1S/C14H15N3O2/c1-3-5-10(2)16-12-7-8-13(17(18)19)11-6-4-9-15-14(11)12/h3-4,6-10,16H,1,5H2,2H3. The van der Waals surface area contributed by atoms with Crippen LogP contribution in [0.4, 0.5) is 11.4 Å². The van der Waals surface area contributed by atoms with Crippen molar-refractivity contribution in [2.45, 2.75) is 19.4 Å². The van der Waals surface area contributed by atoms with E-state index in [-0.39, 0.29) is 16.7 Å². The number of anilines is 1. The molecular formula is C14H15N3O2. The molecule has 1 unspecified atom stereocenters. The van der Waals surface area contributed by atoms with Crippen molar-refractivity contribution in [3.05, 3.63) is 53.2 Å². The predicted octanol–water partition coefficient (Wildman–Crippen LogP) is 3.52. The molecule has 2 aromatic rings. The van der Waals surface area contributed by atoms with Crippen molar-refractivity contribution >= 4 is 22.3 Å². The van der Waals surface area contributed by atoms with Gasteiger partial charge in [-0.05, 0) is 31.5 Å². The number of fused-ring (bicyclic) bond motifs is 1. The number of nitro benzene ring substituents is 1. The monoisotopic (exact) mass is 257 g/mol. The molecule has 0 spiro atoms. The van der Waals surface area contributed by atoms with Crippen molar-refractivity contribution in [1.29, 1.82) is 0 Å². The highest BCUT2D eigenvalue weighted by Gasteiger charge is 2.15. The van der Waals surface area contributed by atoms with Crippen LogP contribution >= 0.6 is 0 Å². The number of benzene rings is 1. The van der Waals surface area contributed by atoms with E-state index in [1.54, 1.807) is 24.4 Å². The van der Waals surface area contributed by atoms with Crippen LogP contribution in [0.5, 0.6) is 0 Å². The number of nitrogens with zero attached hydrogens (tertiary/aromatic N) is 2. The van der Waals surface area contributed by atoms with Crippen LogP contribution in [-0.2, 0) is 0 Å². The summed E-state index contributed by atoms with van der Waals surface area (Å²) in [5, 5.41) is 14.8. The van der Waals surface area contributed by atoms with Crippen LogP contribution in [0.15, 0.2) is 43.1 Å². The first-order valence-corrected chi connectivity index (χ1v) is 6.03. The maximum atomic E-state index is 11.0. The first-order chi connectivity index (χ1) is 9.13. The Hall–Kier alpha value is -2.43. The Morgan fingerprint density at radius 2 is 2.32 bits per heavy atom. The van der Waals surface area contributed by atoms with Gasteiger partial charge in [-0.1, -0.05) is 6.08 Å². The van der Waals surface area contributed by atoms with Gasteiger partial charge in [0, 0.05) is 18.3 Å². The minimum Gasteiger partial charge on any atom is -0.381 e. The topological polar surface area (TPSA) is 68.1 Å². The average Bonchev–Trinajstić information content (AvgIpc) is 2.39. The number of nitro groups is 1. The first-order valence-electron chi connectivity index (χ1n) is 6.03. The second-order valence-corrected chi connectivity index (χ2v) is 4.36. The normalized spacial score (nSPS) is 12.1. The molecule has 5 nitrogen and oxygen atoms in total. The fourth-order valence-electron chi connectivity index (χ4n) is 2.01. The van der Waals surface area contributed by atoms with Crippen LogP contribution in [0.2, 0.25) is 0 Å². The number of rotatable bonds is 5. The van der Waals surface area contributed by atoms with Gasteiger partial charge in [-0.15, -0.1) is 6.58 Å². The lowest BCUT2D eigenvalue weighted by molar-refractivity contribution is -0.383. The van der Waals surface area contributed by atoms with Crippen molar-refractivity contribution in [3.63, 3.8) is 0 Å². The Morgan fingerprint density at radius 1 is 1.53 bits per heavy atom. The second kappa shape index (κ2) is 5.48. The van der Waals surface area contributed by atoms with Crippen molar-refractivity contribution < 1.29 is 4.92 Å². The van der Waals surface area contributed by atoms with Crippen molar-refractivity contribution in [2.75, 3.05) is 5.32 Å². The van der Waals surface area contributed by atoms with Crippen LogP contribution in [0.3, 0.4) is 0 Å². The average molecular weight is 257 g/mol. The van der Waals surface area contributed by atoms with E-state index in [1.165, 1.54) is 6.07 Å². The van der Waals surface area contributed by atoms with Gasteiger partial charge in [0.1, 0.15) is 5.52 Å². The summed E-state index contributed by atoms with van der Waals surface area (Å²) in [5.74, 6) is 0. The Labute approximate surface area is 111 Å². The van der Waals surface area contributed by atoms with Gasteiger partial charge < -0.3 is 5.32 Å². The number of nitrogens with one attached hydrogen (secondary N) is 1. The maximum absolute atomic E-state index is 11.0. The summed E-state index contributed by atoms with van der Waals surface area (Å²) in [4.78, 5) is 14.9. The zero-order valence-electron chi connectivity index (χ0n) is 10.7. The van der Waals surface area contributed by atoms with E-state index >= 15 is 0 Å². The molecule has 1 heterocycles. The Bertz CT molecular complexity index is 625. The van der Waals surface area contributed by atoms with Gasteiger partial charge in [0.15, 0.2) is 0 Å². The SMILES string of the molecule is C=CCC(C)Nc1ccc([N+](=O)[O-])c2cccnc12. The molecule has 1 aromatic heterocycles. The van der Waals surface area contributed by atoms with Gasteiger partial charge in [-0.3, -0.25) is 15.1 Å². The molecule has 0 aliphatic carbocycles. The van der Waals surface area contributed by atoms with E-state index in [4.69, 9.17) is 0 Å². The van der Waals surface area contributed by atoms with Crippen molar-refractivity contribution in [3.8, 4) is 0 Å². The lowest BCUT2D eigenvalue weighted by Crippen LogP contribution is -2.14. The third-order valence-corrected chi connectivity index (χ3v) is 2.87. The smallest absolute Gasteiger partial charge is 0.278 e. The zero-order chi connectivity index (χ0) is 13.8. The summed E-state index contributed by atoms with van der Waals surface area (Å²) in [7, 11) is 0. The summed E-state index contributed by atoms with van der Waals surface area (Å²) >= 11 is 0. The fraction of sp³-hybridized carbons (Fsp3) is 0.214. The highest BCUT2D eigenvalue weighted by atomic mass is 16.6. The minimum atomic E-state index is -0.388. The Kier molecular flexibility index (Phi) is 3.75. The summed E-state index contributed by atoms with van der Waals surface area (Å²) in [6, 6.07) is 6.82. The number of hydrogen-bond acceptors (Lipinski definition) is 4. The fourth-order valence-corrected chi connectivity index (χ4v) is 2.01. The van der Waals surface area contributed by atoms with Crippen LogP contribution < -0.4 is 5.32 Å². The number of pyridine rings is 1. The van der Waals surface area contributed by atoms with E-state index in [9.17, 15) is 10.1 Å². The van der Waals surface area contributed by atoms with Crippen molar-refractivity contribution in [2.24, 2.45) is 0 Å². The number of hydrogen-bond donors (Lipinski definition) is 1. The van der Waals surface area contributed by atoms with Gasteiger partial charge in [0.2, 0.25) is 0 Å². The first kappa shape index (κ1) is 13.0. The lowest BCUT2D eigenvalue weighted by Gasteiger charge is -2.14.